The van der Waals surface area contributed by atoms with Gasteiger partial charge >= 0.3 is 0 Å². The number of rotatable bonds is 3. The van der Waals surface area contributed by atoms with Gasteiger partial charge in [0.2, 0.25) is 5.91 Å². The summed E-state index contributed by atoms with van der Waals surface area (Å²) in [4.78, 5) is 16.0. The van der Waals surface area contributed by atoms with Crippen molar-refractivity contribution in [3.05, 3.63) is 59.0 Å². The van der Waals surface area contributed by atoms with Crippen LogP contribution >= 0.6 is 15.9 Å². The maximum atomic E-state index is 12.0. The van der Waals surface area contributed by atoms with Gasteiger partial charge in [0.05, 0.1) is 24.6 Å². The Hall–Kier alpha value is -2.14. The zero-order valence-corrected chi connectivity index (χ0v) is 12.1. The number of nitrogens with zero attached hydrogens (tertiary/aromatic N) is 1. The fraction of sp³-hybridized carbons (Fsp3) is 0.0667. The molecule has 2 heterocycles. The van der Waals surface area contributed by atoms with E-state index >= 15 is 0 Å². The van der Waals surface area contributed by atoms with Crippen LogP contribution in [0.4, 0.5) is 5.69 Å². The van der Waals surface area contributed by atoms with Gasteiger partial charge in [-0.1, -0.05) is 15.9 Å². The van der Waals surface area contributed by atoms with Crippen molar-refractivity contribution in [1.29, 1.82) is 0 Å². The summed E-state index contributed by atoms with van der Waals surface area (Å²) in [6, 6.07) is 9.31. The number of pyridine rings is 1. The van der Waals surface area contributed by atoms with E-state index in [1.165, 1.54) is 0 Å². The first-order chi connectivity index (χ1) is 9.72. The Morgan fingerprint density at radius 3 is 3.05 bits per heavy atom. The van der Waals surface area contributed by atoms with Crippen LogP contribution in [0.5, 0.6) is 0 Å². The summed E-state index contributed by atoms with van der Waals surface area (Å²) in [5.41, 5.74) is 2.33. The van der Waals surface area contributed by atoms with Gasteiger partial charge in [0, 0.05) is 21.6 Å². The number of carbonyl (C=O) groups is 1. The molecule has 4 nitrogen and oxygen atoms in total. The molecule has 5 heteroatoms. The Morgan fingerprint density at radius 2 is 2.25 bits per heavy atom. The molecule has 2 aromatic heterocycles. The second-order valence-electron chi connectivity index (χ2n) is 4.37. The van der Waals surface area contributed by atoms with E-state index in [9.17, 15) is 4.79 Å². The van der Waals surface area contributed by atoms with E-state index in [1.54, 1.807) is 30.8 Å². The molecule has 0 saturated heterocycles. The summed E-state index contributed by atoms with van der Waals surface area (Å²) in [6.07, 6.45) is 5.16. The number of hydrogen-bond donors (Lipinski definition) is 1. The molecule has 3 rings (SSSR count). The highest BCUT2D eigenvalue weighted by molar-refractivity contribution is 9.10. The number of benzene rings is 1. The third-order valence-corrected chi connectivity index (χ3v) is 3.41. The van der Waals surface area contributed by atoms with Gasteiger partial charge in [-0.25, -0.2) is 0 Å². The molecular weight excluding hydrogens is 320 g/mol. The average molecular weight is 331 g/mol. The third-order valence-electron chi connectivity index (χ3n) is 2.91. The lowest BCUT2D eigenvalue weighted by atomic mass is 10.1. The molecule has 0 bridgehead atoms. The van der Waals surface area contributed by atoms with Gasteiger partial charge in [-0.05, 0) is 30.3 Å². The van der Waals surface area contributed by atoms with Gasteiger partial charge in [-0.3, -0.25) is 9.78 Å². The van der Waals surface area contributed by atoms with Gasteiger partial charge in [0.1, 0.15) is 5.58 Å². The molecule has 0 unspecified atom stereocenters. The van der Waals surface area contributed by atoms with Crippen LogP contribution in [0.3, 0.4) is 0 Å². The number of aromatic nitrogens is 1. The Morgan fingerprint density at radius 1 is 1.35 bits per heavy atom. The summed E-state index contributed by atoms with van der Waals surface area (Å²) < 4.78 is 6.40. The topological polar surface area (TPSA) is 55.1 Å². The second-order valence-corrected chi connectivity index (χ2v) is 5.28. The monoisotopic (exact) mass is 330 g/mol. The minimum atomic E-state index is -0.0966. The van der Waals surface area contributed by atoms with Crippen LogP contribution in [-0.4, -0.2) is 10.9 Å². The van der Waals surface area contributed by atoms with Crippen molar-refractivity contribution in [2.75, 3.05) is 5.32 Å². The van der Waals surface area contributed by atoms with Gasteiger partial charge in [0.25, 0.3) is 0 Å². The van der Waals surface area contributed by atoms with Gasteiger partial charge in [-0.15, -0.1) is 0 Å². The first-order valence-electron chi connectivity index (χ1n) is 6.08. The predicted octanol–water partition coefficient (Wildman–Crippen LogP) is 3.77. The van der Waals surface area contributed by atoms with Crippen LogP contribution in [-0.2, 0) is 11.2 Å². The largest absolute Gasteiger partial charge is 0.464 e. The normalized spacial score (nSPS) is 10.7. The maximum absolute atomic E-state index is 12.0. The SMILES string of the molecule is O=C(Cc1coc2ccc(Br)cc12)Nc1cccnc1. The highest BCUT2D eigenvalue weighted by Gasteiger charge is 2.11. The molecule has 0 aliphatic heterocycles. The number of halogens is 1. The van der Waals surface area contributed by atoms with E-state index in [0.717, 1.165) is 21.0 Å². The summed E-state index contributed by atoms with van der Waals surface area (Å²) >= 11 is 3.42. The molecule has 1 amide bonds. The molecular formula is C15H11BrN2O2. The van der Waals surface area contributed by atoms with E-state index < -0.39 is 0 Å². The first kappa shape index (κ1) is 12.9. The van der Waals surface area contributed by atoms with Crippen molar-refractivity contribution in [3.63, 3.8) is 0 Å². The fourth-order valence-electron chi connectivity index (χ4n) is 2.01. The fourth-order valence-corrected chi connectivity index (χ4v) is 2.37. The lowest BCUT2D eigenvalue weighted by Crippen LogP contribution is -2.14. The van der Waals surface area contributed by atoms with Crippen molar-refractivity contribution in [2.45, 2.75) is 6.42 Å². The van der Waals surface area contributed by atoms with Crippen molar-refractivity contribution in [3.8, 4) is 0 Å². The lowest BCUT2D eigenvalue weighted by molar-refractivity contribution is -0.115. The second kappa shape index (κ2) is 5.46. The highest BCUT2D eigenvalue weighted by atomic mass is 79.9. The van der Waals surface area contributed by atoms with Crippen LogP contribution in [0.15, 0.2) is 57.9 Å². The van der Waals surface area contributed by atoms with Crippen molar-refractivity contribution in [2.24, 2.45) is 0 Å². The van der Waals surface area contributed by atoms with E-state index in [1.807, 2.05) is 18.2 Å². The van der Waals surface area contributed by atoms with Crippen LogP contribution in [0.25, 0.3) is 11.0 Å². The van der Waals surface area contributed by atoms with Gasteiger partial charge in [-0.2, -0.15) is 0 Å². The average Bonchev–Trinajstić information content (AvgIpc) is 2.82. The first-order valence-corrected chi connectivity index (χ1v) is 6.87. The number of amides is 1. The van der Waals surface area contributed by atoms with Crippen molar-refractivity contribution in [1.82, 2.24) is 4.98 Å². The van der Waals surface area contributed by atoms with Crippen molar-refractivity contribution >= 4 is 38.5 Å². The van der Waals surface area contributed by atoms with Crippen molar-refractivity contribution < 1.29 is 9.21 Å². The van der Waals surface area contributed by atoms with E-state index in [4.69, 9.17) is 4.42 Å². The lowest BCUT2D eigenvalue weighted by Gasteiger charge is -2.03. The van der Waals surface area contributed by atoms with Crippen LogP contribution in [0, 0.1) is 0 Å². The summed E-state index contributed by atoms with van der Waals surface area (Å²) in [5, 5.41) is 3.75. The van der Waals surface area contributed by atoms with Crippen LogP contribution in [0.2, 0.25) is 0 Å². The van der Waals surface area contributed by atoms with E-state index in [-0.39, 0.29) is 12.3 Å². The Labute approximate surface area is 123 Å². The molecule has 0 aliphatic rings. The molecule has 0 atom stereocenters. The molecule has 0 aliphatic carbocycles. The quantitative estimate of drug-likeness (QED) is 0.795. The number of carbonyl (C=O) groups excluding carboxylic acids is 1. The molecule has 0 radical (unpaired) electrons. The summed E-state index contributed by atoms with van der Waals surface area (Å²) in [6.45, 7) is 0. The molecule has 1 aromatic carbocycles. The Bertz CT molecular complexity index is 753. The minimum Gasteiger partial charge on any atom is -0.464 e. The molecule has 1 N–H and O–H groups in total. The number of furan rings is 1. The standard InChI is InChI=1S/C15H11BrN2O2/c16-11-3-4-14-13(7-11)10(9-20-14)6-15(19)18-12-2-1-5-17-8-12/h1-5,7-9H,6H2,(H,18,19). The smallest absolute Gasteiger partial charge is 0.228 e. The number of nitrogens with one attached hydrogen (secondary N) is 1. The highest BCUT2D eigenvalue weighted by Crippen LogP contribution is 2.25. The minimum absolute atomic E-state index is 0.0966. The molecule has 20 heavy (non-hydrogen) atoms. The summed E-state index contributed by atoms with van der Waals surface area (Å²) in [7, 11) is 0. The molecule has 100 valence electrons. The summed E-state index contributed by atoms with van der Waals surface area (Å²) in [5.74, 6) is -0.0966. The van der Waals surface area contributed by atoms with Crippen LogP contribution < -0.4 is 5.32 Å². The Balaban J connectivity index is 1.79. The van der Waals surface area contributed by atoms with E-state index in [2.05, 4.69) is 26.2 Å². The number of anilines is 1. The number of fused-ring (bicyclic) bond motifs is 1. The zero-order chi connectivity index (χ0) is 13.9. The van der Waals surface area contributed by atoms with Crippen LogP contribution in [0.1, 0.15) is 5.56 Å². The number of hydrogen-bond acceptors (Lipinski definition) is 3. The van der Waals surface area contributed by atoms with Gasteiger partial charge < -0.3 is 9.73 Å². The Kier molecular flexibility index (Phi) is 3.52. The predicted molar refractivity (Wildman–Crippen MR) is 80.5 cm³/mol. The third kappa shape index (κ3) is 2.72. The molecule has 0 fully saturated rings. The molecule has 0 spiro atoms. The maximum Gasteiger partial charge on any atom is 0.228 e. The zero-order valence-electron chi connectivity index (χ0n) is 10.5. The van der Waals surface area contributed by atoms with E-state index in [0.29, 0.717) is 5.69 Å². The van der Waals surface area contributed by atoms with Gasteiger partial charge in [0.15, 0.2) is 0 Å². The molecule has 3 aromatic rings. The molecule has 0 saturated carbocycles.